The molecular weight excluding hydrogens is 357 g/mol. The predicted octanol–water partition coefficient (Wildman–Crippen LogP) is 1.40. The maximum Gasteiger partial charge on any atom is 0.328 e. The number of rotatable bonds is 5. The fraction of sp³-hybridized carbons (Fsp3) is 0.389. The molecule has 2 aromatic rings. The molecule has 1 aromatic carbocycles. The molecule has 0 N–H and O–H groups in total. The maximum atomic E-state index is 13.9. The Kier molecular flexibility index (Phi) is 5.29. The van der Waals surface area contributed by atoms with Gasteiger partial charge in [-0.25, -0.2) is 9.18 Å². The van der Waals surface area contributed by atoms with Crippen LogP contribution in [0.5, 0.6) is 11.6 Å². The largest absolute Gasteiger partial charge is 0.485 e. The summed E-state index contributed by atoms with van der Waals surface area (Å²) in [7, 11) is 4.32. The van der Waals surface area contributed by atoms with Crippen LogP contribution in [0.25, 0.3) is 0 Å². The van der Waals surface area contributed by atoms with Crippen LogP contribution >= 0.6 is 0 Å². The number of methoxy groups -OCH3 is 2. The minimum atomic E-state index is -0.843. The second kappa shape index (κ2) is 7.65. The number of halogens is 1. The van der Waals surface area contributed by atoms with Crippen LogP contribution in [0, 0.1) is 5.82 Å². The van der Waals surface area contributed by atoms with E-state index < -0.39 is 29.8 Å². The van der Waals surface area contributed by atoms with E-state index in [2.05, 4.69) is 5.10 Å². The van der Waals surface area contributed by atoms with Crippen molar-refractivity contribution in [1.29, 1.82) is 0 Å². The molecule has 2 heterocycles. The number of aryl methyl sites for hydroxylation is 1. The van der Waals surface area contributed by atoms with Gasteiger partial charge in [0.05, 0.1) is 20.8 Å². The smallest absolute Gasteiger partial charge is 0.328 e. The van der Waals surface area contributed by atoms with Crippen LogP contribution in [0.15, 0.2) is 30.5 Å². The van der Waals surface area contributed by atoms with Gasteiger partial charge in [-0.1, -0.05) is 12.1 Å². The Morgan fingerprint density at radius 2 is 2.00 bits per heavy atom. The van der Waals surface area contributed by atoms with E-state index in [0.29, 0.717) is 0 Å². The van der Waals surface area contributed by atoms with Gasteiger partial charge in [-0.3, -0.25) is 9.48 Å². The number of esters is 1. The molecule has 27 heavy (non-hydrogen) atoms. The van der Waals surface area contributed by atoms with Crippen LogP contribution in [0.2, 0.25) is 0 Å². The summed E-state index contributed by atoms with van der Waals surface area (Å²) in [5.74, 6) is -1.28. The molecule has 1 aliphatic rings. The second-order valence-corrected chi connectivity index (χ2v) is 6.13. The number of ether oxygens (including phenoxy) is 3. The first-order valence-corrected chi connectivity index (χ1v) is 8.32. The van der Waals surface area contributed by atoms with Crippen molar-refractivity contribution >= 4 is 11.9 Å². The first-order valence-electron chi connectivity index (χ1n) is 8.32. The summed E-state index contributed by atoms with van der Waals surface area (Å²) in [4.78, 5) is 26.5. The van der Waals surface area contributed by atoms with Gasteiger partial charge in [-0.15, -0.1) is 5.10 Å². The minimum Gasteiger partial charge on any atom is -0.485 e. The number of hydrogen-bond donors (Lipinski definition) is 0. The normalized spacial score (nSPS) is 19.0. The lowest BCUT2D eigenvalue weighted by molar-refractivity contribution is -0.145. The molecule has 0 radical (unpaired) electrons. The van der Waals surface area contributed by atoms with Crippen LogP contribution < -0.4 is 9.47 Å². The van der Waals surface area contributed by atoms with Gasteiger partial charge in [0, 0.05) is 19.7 Å². The van der Waals surface area contributed by atoms with Crippen molar-refractivity contribution in [2.75, 3.05) is 20.8 Å². The highest BCUT2D eigenvalue weighted by molar-refractivity contribution is 5.99. The maximum absolute atomic E-state index is 13.9. The van der Waals surface area contributed by atoms with E-state index >= 15 is 0 Å². The average molecular weight is 377 g/mol. The fourth-order valence-electron chi connectivity index (χ4n) is 3.11. The molecule has 1 aromatic heterocycles. The van der Waals surface area contributed by atoms with E-state index in [0.717, 1.165) is 0 Å². The monoisotopic (exact) mass is 377 g/mol. The SMILES string of the molecule is COC(=O)C1CC(Oc2ccccc2F)CN1C(=O)c1cn(C)nc1OC. The van der Waals surface area contributed by atoms with Gasteiger partial charge in [-0.2, -0.15) is 0 Å². The molecule has 0 aliphatic carbocycles. The molecule has 1 aliphatic heterocycles. The van der Waals surface area contributed by atoms with E-state index in [1.54, 1.807) is 19.2 Å². The number of carbonyl (C=O) groups excluding carboxylic acids is 2. The fourth-order valence-corrected chi connectivity index (χ4v) is 3.11. The lowest BCUT2D eigenvalue weighted by Crippen LogP contribution is -2.41. The zero-order chi connectivity index (χ0) is 19.6. The number of nitrogens with zero attached hydrogens (tertiary/aromatic N) is 3. The number of aromatic nitrogens is 2. The van der Waals surface area contributed by atoms with Crippen molar-refractivity contribution in [3.8, 4) is 11.6 Å². The molecule has 3 rings (SSSR count). The van der Waals surface area contributed by atoms with E-state index in [9.17, 15) is 14.0 Å². The molecule has 0 bridgehead atoms. The van der Waals surface area contributed by atoms with Gasteiger partial charge in [0.1, 0.15) is 17.7 Å². The van der Waals surface area contributed by atoms with E-state index in [-0.39, 0.29) is 30.2 Å². The molecule has 144 valence electrons. The Morgan fingerprint density at radius 3 is 2.67 bits per heavy atom. The Bertz CT molecular complexity index is 853. The highest BCUT2D eigenvalue weighted by Crippen LogP contribution is 2.28. The number of carbonyl (C=O) groups is 2. The Hall–Kier alpha value is -3.10. The summed E-state index contributed by atoms with van der Waals surface area (Å²) in [6, 6.07) is 5.14. The van der Waals surface area contributed by atoms with Crippen LogP contribution in [0.1, 0.15) is 16.8 Å². The molecule has 0 spiro atoms. The lowest BCUT2D eigenvalue weighted by Gasteiger charge is -2.21. The minimum absolute atomic E-state index is 0.0689. The van der Waals surface area contributed by atoms with Crippen molar-refractivity contribution in [3.63, 3.8) is 0 Å². The van der Waals surface area contributed by atoms with E-state index in [1.165, 1.54) is 42.1 Å². The van der Waals surface area contributed by atoms with Gasteiger partial charge >= 0.3 is 5.97 Å². The van der Waals surface area contributed by atoms with Gasteiger partial charge < -0.3 is 19.1 Å². The first kappa shape index (κ1) is 18.7. The second-order valence-electron chi connectivity index (χ2n) is 6.13. The van der Waals surface area contributed by atoms with Crippen molar-refractivity contribution in [1.82, 2.24) is 14.7 Å². The zero-order valence-corrected chi connectivity index (χ0v) is 15.2. The number of hydrogen-bond acceptors (Lipinski definition) is 6. The molecule has 1 fully saturated rings. The van der Waals surface area contributed by atoms with Crippen LogP contribution in [0.3, 0.4) is 0 Å². The molecule has 0 saturated carbocycles. The number of likely N-dealkylation sites (tertiary alicyclic amines) is 1. The molecule has 1 saturated heterocycles. The lowest BCUT2D eigenvalue weighted by atomic mass is 10.2. The quantitative estimate of drug-likeness (QED) is 0.733. The highest BCUT2D eigenvalue weighted by Gasteiger charge is 2.43. The molecular formula is C18H20FN3O5. The average Bonchev–Trinajstić information content (AvgIpc) is 3.25. The van der Waals surface area contributed by atoms with Crippen molar-refractivity contribution < 1.29 is 28.2 Å². The summed E-state index contributed by atoms with van der Waals surface area (Å²) < 4.78 is 30.9. The molecule has 2 atom stereocenters. The van der Waals surface area contributed by atoms with Crippen LogP contribution in [-0.4, -0.2) is 59.5 Å². The topological polar surface area (TPSA) is 82.9 Å². The predicted molar refractivity (Wildman–Crippen MR) is 92.0 cm³/mol. The highest BCUT2D eigenvalue weighted by atomic mass is 19.1. The standard InChI is InChI=1S/C18H20FN3O5/c1-21-10-12(16(20-21)25-2)17(23)22-9-11(8-14(22)18(24)26-3)27-15-7-5-4-6-13(15)19/h4-7,10-11,14H,8-9H2,1-3H3. The van der Waals surface area contributed by atoms with Crippen LogP contribution in [0.4, 0.5) is 4.39 Å². The van der Waals surface area contributed by atoms with Gasteiger partial charge in [0.2, 0.25) is 5.88 Å². The van der Waals surface area contributed by atoms with Crippen molar-refractivity contribution in [2.45, 2.75) is 18.6 Å². The van der Waals surface area contributed by atoms with Crippen molar-refractivity contribution in [2.24, 2.45) is 7.05 Å². The zero-order valence-electron chi connectivity index (χ0n) is 15.2. The summed E-state index contributed by atoms with van der Waals surface area (Å²) in [5, 5.41) is 4.06. The number of para-hydroxylation sites is 1. The van der Waals surface area contributed by atoms with E-state index in [4.69, 9.17) is 14.2 Å². The summed E-state index contributed by atoms with van der Waals surface area (Å²) in [6.45, 7) is 0.102. The third-order valence-corrected chi connectivity index (χ3v) is 4.35. The first-order chi connectivity index (χ1) is 12.9. The van der Waals surface area contributed by atoms with Gasteiger partial charge in [0.15, 0.2) is 11.6 Å². The Balaban J connectivity index is 1.84. The molecule has 8 nitrogen and oxygen atoms in total. The molecule has 2 unspecified atom stereocenters. The number of amides is 1. The number of benzene rings is 1. The Labute approximate surface area is 155 Å². The van der Waals surface area contributed by atoms with Crippen molar-refractivity contribution in [3.05, 3.63) is 41.8 Å². The molecule has 1 amide bonds. The summed E-state index contributed by atoms with van der Waals surface area (Å²) in [5.41, 5.74) is 0.223. The van der Waals surface area contributed by atoms with Crippen LogP contribution in [-0.2, 0) is 16.6 Å². The molecule has 9 heteroatoms. The third kappa shape index (κ3) is 3.71. The third-order valence-electron chi connectivity index (χ3n) is 4.35. The Morgan fingerprint density at radius 1 is 1.26 bits per heavy atom. The van der Waals surface area contributed by atoms with Gasteiger partial charge in [-0.05, 0) is 12.1 Å². The van der Waals surface area contributed by atoms with Gasteiger partial charge in [0.25, 0.3) is 5.91 Å². The summed E-state index contributed by atoms with van der Waals surface area (Å²) in [6.07, 6.45) is 1.15. The van der Waals surface area contributed by atoms with E-state index in [1.807, 2.05) is 0 Å². The summed E-state index contributed by atoms with van der Waals surface area (Å²) >= 11 is 0.